The van der Waals surface area contributed by atoms with Crippen LogP contribution in [0.5, 0.6) is 0 Å². The molecule has 0 saturated carbocycles. The van der Waals surface area contributed by atoms with Crippen molar-refractivity contribution >= 4 is 35.1 Å². The van der Waals surface area contributed by atoms with Gasteiger partial charge in [0.15, 0.2) is 0 Å². The Kier molecular flexibility index (Phi) is 4.88. The summed E-state index contributed by atoms with van der Waals surface area (Å²) in [4.78, 5) is 0. The van der Waals surface area contributed by atoms with Crippen molar-refractivity contribution in [2.75, 3.05) is 12.5 Å². The molecule has 0 saturated heterocycles. The van der Waals surface area contributed by atoms with Gasteiger partial charge >= 0.3 is 6.18 Å². The maximum atomic E-state index is 12.6. The summed E-state index contributed by atoms with van der Waals surface area (Å²) in [5.74, 6) is 0. The molecule has 1 aromatic carbocycles. The Morgan fingerprint density at radius 1 is 1.19 bits per heavy atom. The summed E-state index contributed by atoms with van der Waals surface area (Å²) in [7, 11) is 0. The summed E-state index contributed by atoms with van der Waals surface area (Å²) in [5.41, 5.74) is -0.128. The van der Waals surface area contributed by atoms with E-state index in [1.54, 1.807) is 6.07 Å². The Morgan fingerprint density at radius 3 is 2.19 bits per heavy atom. The first kappa shape index (κ1) is 14.1. The van der Waals surface area contributed by atoms with Gasteiger partial charge in [0.25, 0.3) is 0 Å². The summed E-state index contributed by atoms with van der Waals surface area (Å²) in [6.07, 6.45) is -0.666. The Hall–Kier alpha value is -0.000000000000000111. The maximum absolute atomic E-state index is 12.6. The van der Waals surface area contributed by atoms with Crippen LogP contribution in [-0.4, -0.2) is 12.5 Å². The fourth-order valence-electron chi connectivity index (χ4n) is 1.28. The second-order valence-corrected chi connectivity index (χ2v) is 5.63. The first-order valence-corrected chi connectivity index (χ1v) is 7.27. The predicted octanol–water partition coefficient (Wildman–Crippen LogP) is 5.08. The third-order valence-electron chi connectivity index (χ3n) is 2.00. The fourth-order valence-corrected chi connectivity index (χ4v) is 3.11. The third kappa shape index (κ3) is 3.25. The first-order chi connectivity index (χ1) is 7.40. The minimum atomic E-state index is -4.39. The van der Waals surface area contributed by atoms with Crippen LogP contribution in [0.2, 0.25) is 5.02 Å². The van der Waals surface area contributed by atoms with Crippen LogP contribution in [0.1, 0.15) is 15.7 Å². The molecule has 0 spiro atoms. The van der Waals surface area contributed by atoms with Gasteiger partial charge in [0.05, 0.1) is 15.2 Å². The van der Waals surface area contributed by atoms with Gasteiger partial charge in [-0.15, -0.1) is 23.5 Å². The monoisotopic (exact) mass is 286 g/mol. The van der Waals surface area contributed by atoms with Gasteiger partial charge in [0, 0.05) is 0 Å². The molecular weight excluding hydrogens is 277 g/mol. The highest BCUT2D eigenvalue weighted by Gasteiger charge is 2.33. The summed E-state index contributed by atoms with van der Waals surface area (Å²) >= 11 is 8.54. The van der Waals surface area contributed by atoms with Crippen LogP contribution in [0, 0.1) is 0 Å². The predicted molar refractivity (Wildman–Crippen MR) is 66.2 cm³/mol. The molecule has 0 amide bonds. The van der Waals surface area contributed by atoms with Gasteiger partial charge in [-0.25, -0.2) is 0 Å². The lowest BCUT2D eigenvalue weighted by Gasteiger charge is -2.15. The molecule has 1 aromatic rings. The van der Waals surface area contributed by atoms with E-state index in [-0.39, 0.29) is 9.60 Å². The second kappa shape index (κ2) is 5.56. The fraction of sp³-hybridized carbons (Fsp3) is 0.400. The Balaban J connectivity index is 3.17. The van der Waals surface area contributed by atoms with Crippen LogP contribution in [-0.2, 0) is 6.18 Å². The van der Waals surface area contributed by atoms with Crippen LogP contribution in [0.25, 0.3) is 0 Å². The normalized spacial score (nSPS) is 12.2. The molecule has 6 heteroatoms. The Morgan fingerprint density at radius 2 is 1.75 bits per heavy atom. The molecule has 0 N–H and O–H groups in total. The van der Waals surface area contributed by atoms with E-state index < -0.39 is 11.7 Å². The first-order valence-electron chi connectivity index (χ1n) is 4.32. The number of rotatable bonds is 3. The van der Waals surface area contributed by atoms with Gasteiger partial charge in [0.2, 0.25) is 0 Å². The van der Waals surface area contributed by atoms with Crippen molar-refractivity contribution in [1.29, 1.82) is 0 Å². The zero-order chi connectivity index (χ0) is 12.3. The Labute approximate surface area is 106 Å². The lowest BCUT2D eigenvalue weighted by atomic mass is 10.1. The van der Waals surface area contributed by atoms with E-state index in [0.717, 1.165) is 6.07 Å². The summed E-state index contributed by atoms with van der Waals surface area (Å²) < 4.78 is 37.8. The highest BCUT2D eigenvalue weighted by Crippen LogP contribution is 2.41. The molecule has 90 valence electrons. The van der Waals surface area contributed by atoms with Gasteiger partial charge in [-0.1, -0.05) is 17.7 Å². The largest absolute Gasteiger partial charge is 0.417 e. The SMILES string of the molecule is CSC(SC)c1ccc(Cl)c(C(F)(F)F)c1. The van der Waals surface area contributed by atoms with Crippen molar-refractivity contribution in [2.24, 2.45) is 0 Å². The lowest BCUT2D eigenvalue weighted by Crippen LogP contribution is -2.06. The molecule has 0 radical (unpaired) electrons. The molecule has 0 aliphatic rings. The van der Waals surface area contributed by atoms with Gasteiger partial charge in [-0.3, -0.25) is 0 Å². The molecule has 0 unspecified atom stereocenters. The van der Waals surface area contributed by atoms with Crippen molar-refractivity contribution in [3.05, 3.63) is 34.3 Å². The number of hydrogen-bond acceptors (Lipinski definition) is 2. The van der Waals surface area contributed by atoms with Gasteiger partial charge < -0.3 is 0 Å². The maximum Gasteiger partial charge on any atom is 0.417 e. The zero-order valence-corrected chi connectivity index (χ0v) is 11.0. The summed E-state index contributed by atoms with van der Waals surface area (Å²) in [6, 6.07) is 4.06. The van der Waals surface area contributed by atoms with Crippen LogP contribution >= 0.6 is 35.1 Å². The minimum Gasteiger partial charge on any atom is -0.166 e. The molecule has 0 atom stereocenters. The average Bonchev–Trinajstić information content (AvgIpc) is 2.20. The molecule has 16 heavy (non-hydrogen) atoms. The third-order valence-corrected chi connectivity index (χ3v) is 4.88. The van der Waals surface area contributed by atoms with E-state index in [2.05, 4.69) is 0 Å². The number of halogens is 4. The highest BCUT2D eigenvalue weighted by atomic mass is 35.5. The lowest BCUT2D eigenvalue weighted by molar-refractivity contribution is -0.137. The molecule has 0 nitrogen and oxygen atoms in total. The molecule has 0 heterocycles. The van der Waals surface area contributed by atoms with Crippen molar-refractivity contribution in [1.82, 2.24) is 0 Å². The minimum absolute atomic E-state index is 0.00151. The molecule has 0 fully saturated rings. The topological polar surface area (TPSA) is 0 Å². The number of benzene rings is 1. The van der Waals surface area contributed by atoms with E-state index in [0.29, 0.717) is 5.56 Å². The molecule has 0 aromatic heterocycles. The molecule has 0 aliphatic heterocycles. The van der Waals surface area contributed by atoms with E-state index in [9.17, 15) is 13.2 Å². The van der Waals surface area contributed by atoms with Crippen molar-refractivity contribution in [2.45, 2.75) is 10.8 Å². The van der Waals surface area contributed by atoms with Crippen LogP contribution in [0.4, 0.5) is 13.2 Å². The molecular formula is C10H10ClF3S2. The standard InChI is InChI=1S/C10H10ClF3S2/c1-15-9(16-2)6-3-4-8(11)7(5-6)10(12,13)14/h3-5,9H,1-2H3. The van der Waals surface area contributed by atoms with Crippen molar-refractivity contribution in [3.63, 3.8) is 0 Å². The molecule has 0 aliphatic carbocycles. The number of thioether (sulfide) groups is 2. The average molecular weight is 287 g/mol. The van der Waals surface area contributed by atoms with Gasteiger partial charge in [-0.05, 0) is 30.2 Å². The van der Waals surface area contributed by atoms with Crippen molar-refractivity contribution in [3.8, 4) is 0 Å². The van der Waals surface area contributed by atoms with Crippen LogP contribution in [0.15, 0.2) is 18.2 Å². The second-order valence-electron chi connectivity index (χ2n) is 3.04. The summed E-state index contributed by atoms with van der Waals surface area (Å²) in [5, 5.41) is -0.253. The van der Waals surface area contributed by atoms with E-state index in [1.165, 1.54) is 29.6 Å². The van der Waals surface area contributed by atoms with Crippen molar-refractivity contribution < 1.29 is 13.2 Å². The van der Waals surface area contributed by atoms with Crippen LogP contribution in [0.3, 0.4) is 0 Å². The molecule has 1 rings (SSSR count). The summed E-state index contributed by atoms with van der Waals surface area (Å²) in [6.45, 7) is 0. The molecule has 0 bridgehead atoms. The zero-order valence-electron chi connectivity index (χ0n) is 8.64. The van der Waals surface area contributed by atoms with E-state index in [4.69, 9.17) is 11.6 Å². The van der Waals surface area contributed by atoms with Gasteiger partial charge in [-0.2, -0.15) is 13.2 Å². The highest BCUT2D eigenvalue weighted by molar-refractivity contribution is 8.15. The quantitative estimate of drug-likeness (QED) is 0.710. The Bertz CT molecular complexity index is 362. The number of hydrogen-bond donors (Lipinski definition) is 0. The number of alkyl halides is 3. The van der Waals surface area contributed by atoms with Gasteiger partial charge in [0.1, 0.15) is 0 Å². The van der Waals surface area contributed by atoms with E-state index >= 15 is 0 Å². The van der Waals surface area contributed by atoms with E-state index in [1.807, 2.05) is 12.5 Å². The van der Waals surface area contributed by atoms with Crippen LogP contribution < -0.4 is 0 Å². The smallest absolute Gasteiger partial charge is 0.166 e.